The molecular formula is C13H23N3O4S2. The molecule has 0 saturated carbocycles. The lowest BCUT2D eigenvalue weighted by molar-refractivity contribution is 0.363. The Balaban J connectivity index is 3.15. The highest BCUT2D eigenvalue weighted by atomic mass is 32.2. The molecule has 0 spiro atoms. The summed E-state index contributed by atoms with van der Waals surface area (Å²) < 4.78 is 52.9. The average molecular weight is 349 g/mol. The molecule has 7 nitrogen and oxygen atoms in total. The van der Waals surface area contributed by atoms with Crippen molar-refractivity contribution >= 4 is 20.0 Å². The molecular weight excluding hydrogens is 326 g/mol. The van der Waals surface area contributed by atoms with Crippen molar-refractivity contribution in [3.63, 3.8) is 0 Å². The summed E-state index contributed by atoms with van der Waals surface area (Å²) in [7, 11) is -6.07. The SMILES string of the molecule is CCC(CC)(CN)NS(=O)(=O)c1ccc(S(=O)(=O)NC)cc1. The highest BCUT2D eigenvalue weighted by Crippen LogP contribution is 2.20. The molecule has 0 unspecified atom stereocenters. The zero-order chi connectivity index (χ0) is 17.0. The van der Waals surface area contributed by atoms with Gasteiger partial charge < -0.3 is 5.73 Å². The highest BCUT2D eigenvalue weighted by Gasteiger charge is 2.30. The molecule has 0 radical (unpaired) electrons. The van der Waals surface area contributed by atoms with Gasteiger partial charge in [-0.2, -0.15) is 0 Å². The smallest absolute Gasteiger partial charge is 0.241 e. The second kappa shape index (κ2) is 7.05. The Morgan fingerprint density at radius 3 is 1.68 bits per heavy atom. The highest BCUT2D eigenvalue weighted by molar-refractivity contribution is 7.90. The van der Waals surface area contributed by atoms with Crippen molar-refractivity contribution in [1.82, 2.24) is 9.44 Å². The number of hydrogen-bond donors (Lipinski definition) is 3. The van der Waals surface area contributed by atoms with E-state index in [1.54, 1.807) is 0 Å². The Hall–Kier alpha value is -1.00. The molecule has 4 N–H and O–H groups in total. The van der Waals surface area contributed by atoms with Crippen LogP contribution in [0.15, 0.2) is 34.1 Å². The second-order valence-electron chi connectivity index (χ2n) is 4.98. The maximum atomic E-state index is 12.4. The van der Waals surface area contributed by atoms with E-state index >= 15 is 0 Å². The third kappa shape index (κ3) is 4.05. The molecule has 0 aliphatic heterocycles. The van der Waals surface area contributed by atoms with Crippen molar-refractivity contribution in [2.45, 2.75) is 42.0 Å². The van der Waals surface area contributed by atoms with Crippen LogP contribution in [0.3, 0.4) is 0 Å². The zero-order valence-electron chi connectivity index (χ0n) is 13.0. The lowest BCUT2D eigenvalue weighted by Gasteiger charge is -2.31. The van der Waals surface area contributed by atoms with Crippen LogP contribution >= 0.6 is 0 Å². The van der Waals surface area contributed by atoms with Crippen LogP contribution in [-0.2, 0) is 20.0 Å². The molecule has 1 rings (SSSR count). The van der Waals surface area contributed by atoms with Crippen LogP contribution in [0.25, 0.3) is 0 Å². The maximum absolute atomic E-state index is 12.4. The minimum Gasteiger partial charge on any atom is -0.329 e. The van der Waals surface area contributed by atoms with Gasteiger partial charge in [0.15, 0.2) is 0 Å². The van der Waals surface area contributed by atoms with Gasteiger partial charge in [0.1, 0.15) is 0 Å². The van der Waals surface area contributed by atoms with Crippen molar-refractivity contribution in [2.75, 3.05) is 13.6 Å². The van der Waals surface area contributed by atoms with Crippen molar-refractivity contribution in [3.05, 3.63) is 24.3 Å². The molecule has 1 aromatic rings. The molecule has 0 aromatic heterocycles. The fourth-order valence-corrected chi connectivity index (χ4v) is 4.27. The third-order valence-electron chi connectivity index (χ3n) is 3.81. The van der Waals surface area contributed by atoms with Gasteiger partial charge in [-0.3, -0.25) is 0 Å². The molecule has 0 amide bonds. The second-order valence-corrected chi connectivity index (χ2v) is 8.54. The quantitative estimate of drug-likeness (QED) is 0.627. The van der Waals surface area contributed by atoms with E-state index in [1.165, 1.54) is 31.3 Å². The average Bonchev–Trinajstić information content (AvgIpc) is 2.53. The molecule has 0 aliphatic carbocycles. The summed E-state index contributed by atoms with van der Waals surface area (Å²) in [6.45, 7) is 3.91. The van der Waals surface area contributed by atoms with Crippen molar-refractivity contribution in [3.8, 4) is 0 Å². The maximum Gasteiger partial charge on any atom is 0.241 e. The number of sulfonamides is 2. The molecule has 0 atom stereocenters. The first kappa shape index (κ1) is 19.0. The van der Waals surface area contributed by atoms with Crippen LogP contribution < -0.4 is 15.2 Å². The first-order valence-corrected chi connectivity index (χ1v) is 9.90. The van der Waals surface area contributed by atoms with Crippen LogP contribution in [0.4, 0.5) is 0 Å². The number of nitrogens with two attached hydrogens (primary N) is 1. The Morgan fingerprint density at radius 1 is 0.955 bits per heavy atom. The number of hydrogen-bond acceptors (Lipinski definition) is 5. The first-order chi connectivity index (χ1) is 10.2. The number of nitrogens with one attached hydrogen (secondary N) is 2. The standard InChI is InChI=1S/C13H23N3O4S2/c1-4-13(5-2,10-14)16-22(19,20)12-8-6-11(7-9-12)21(17,18)15-3/h6-9,15-16H,4-5,10,14H2,1-3H3. The van der Waals surface area contributed by atoms with Crippen molar-refractivity contribution < 1.29 is 16.8 Å². The predicted molar refractivity (Wildman–Crippen MR) is 85.4 cm³/mol. The van der Waals surface area contributed by atoms with Gasteiger partial charge in [-0.25, -0.2) is 26.3 Å². The van der Waals surface area contributed by atoms with Crippen molar-refractivity contribution in [2.24, 2.45) is 5.73 Å². The fourth-order valence-electron chi connectivity index (χ4n) is 1.98. The van der Waals surface area contributed by atoms with E-state index in [0.717, 1.165) is 0 Å². The summed E-state index contributed by atoms with van der Waals surface area (Å²) in [6, 6.07) is 5.03. The molecule has 22 heavy (non-hydrogen) atoms. The lowest BCUT2D eigenvalue weighted by Crippen LogP contribution is -2.52. The van der Waals surface area contributed by atoms with E-state index in [1.807, 2.05) is 13.8 Å². The van der Waals surface area contributed by atoms with Gasteiger partial charge in [-0.1, -0.05) is 13.8 Å². The van der Waals surface area contributed by atoms with Gasteiger partial charge >= 0.3 is 0 Å². The molecule has 0 fully saturated rings. The van der Waals surface area contributed by atoms with Gasteiger partial charge in [-0.15, -0.1) is 0 Å². The van der Waals surface area contributed by atoms with Gasteiger partial charge in [0.2, 0.25) is 20.0 Å². The molecule has 126 valence electrons. The molecule has 0 bridgehead atoms. The molecule has 0 saturated heterocycles. The molecule has 1 aromatic carbocycles. The van der Waals surface area contributed by atoms with E-state index in [9.17, 15) is 16.8 Å². The van der Waals surface area contributed by atoms with Crippen LogP contribution in [-0.4, -0.2) is 36.0 Å². The van der Waals surface area contributed by atoms with E-state index in [2.05, 4.69) is 9.44 Å². The van der Waals surface area contributed by atoms with Crippen molar-refractivity contribution in [1.29, 1.82) is 0 Å². The first-order valence-electron chi connectivity index (χ1n) is 6.94. The normalized spacial score (nSPS) is 13.3. The minimum atomic E-state index is -3.77. The Morgan fingerprint density at radius 2 is 1.36 bits per heavy atom. The van der Waals surface area contributed by atoms with E-state index in [0.29, 0.717) is 12.8 Å². The zero-order valence-corrected chi connectivity index (χ0v) is 14.6. The topological polar surface area (TPSA) is 118 Å². The number of benzene rings is 1. The Labute approximate surface area is 132 Å². The van der Waals surface area contributed by atoms with E-state index < -0.39 is 25.6 Å². The summed E-state index contributed by atoms with van der Waals surface area (Å²) in [6.07, 6.45) is 1.12. The third-order valence-corrected chi connectivity index (χ3v) is 6.83. The lowest BCUT2D eigenvalue weighted by atomic mass is 9.95. The van der Waals surface area contributed by atoms with Crippen LogP contribution in [0, 0.1) is 0 Å². The van der Waals surface area contributed by atoms with Gasteiger partial charge in [-0.05, 0) is 44.2 Å². The molecule has 0 aliphatic rings. The predicted octanol–water partition coefficient (Wildman–Crippen LogP) is 0.391. The summed E-state index contributed by atoms with van der Waals surface area (Å²) in [5, 5.41) is 0. The fraction of sp³-hybridized carbons (Fsp3) is 0.538. The van der Waals surface area contributed by atoms with Gasteiger partial charge in [0.05, 0.1) is 9.79 Å². The minimum absolute atomic E-state index is 0.00211. The van der Waals surface area contributed by atoms with Gasteiger partial charge in [0.25, 0.3) is 0 Å². The van der Waals surface area contributed by atoms with Crippen LogP contribution in [0.5, 0.6) is 0 Å². The van der Waals surface area contributed by atoms with E-state index in [-0.39, 0.29) is 16.3 Å². The molecule has 9 heteroatoms. The van der Waals surface area contributed by atoms with Crippen LogP contribution in [0.2, 0.25) is 0 Å². The Bertz CT molecular complexity index is 685. The largest absolute Gasteiger partial charge is 0.329 e. The Kier molecular flexibility index (Phi) is 6.10. The van der Waals surface area contributed by atoms with Crippen LogP contribution in [0.1, 0.15) is 26.7 Å². The van der Waals surface area contributed by atoms with Gasteiger partial charge in [0, 0.05) is 12.1 Å². The monoisotopic (exact) mass is 349 g/mol. The summed E-state index contributed by atoms with van der Waals surface area (Å²) in [4.78, 5) is 0.00676. The molecule has 0 heterocycles. The van der Waals surface area contributed by atoms with E-state index in [4.69, 9.17) is 5.73 Å². The summed E-state index contributed by atoms with van der Waals surface area (Å²) in [5.41, 5.74) is 5.00. The number of rotatable bonds is 8. The summed E-state index contributed by atoms with van der Waals surface area (Å²) >= 11 is 0. The summed E-state index contributed by atoms with van der Waals surface area (Å²) in [5.74, 6) is 0.